The van der Waals surface area contributed by atoms with Gasteiger partial charge in [-0.1, -0.05) is 5.21 Å². The molecule has 2 aromatic rings. The normalized spacial score (nSPS) is 9.77. The number of rotatable bonds is 7. The Morgan fingerprint density at radius 3 is 2.55 bits per heavy atom. The maximum absolute atomic E-state index is 8.99. The number of hydrogen-bond donors (Lipinski definition) is 0. The van der Waals surface area contributed by atoms with Crippen molar-refractivity contribution in [3.8, 4) is 23.6 Å². The molecule has 7 heteroatoms. The lowest BCUT2D eigenvalue weighted by molar-refractivity contribution is 0.309. The zero-order valence-corrected chi connectivity index (χ0v) is 12.2. The molecule has 0 spiro atoms. The Labute approximate surface area is 128 Å². The maximum atomic E-state index is 8.99. The zero-order chi connectivity index (χ0) is 15.8. The van der Waals surface area contributed by atoms with Gasteiger partial charge in [0.1, 0.15) is 24.1 Å². The highest BCUT2D eigenvalue weighted by molar-refractivity contribution is 5.31. The quantitative estimate of drug-likeness (QED) is 0.721. The topological polar surface area (TPSA) is 96.8 Å². The molecule has 0 N–H and O–H groups in total. The average Bonchev–Trinajstić information content (AvgIpc) is 2.94. The minimum absolute atomic E-state index is 0.0867. The number of ether oxygens (including phenoxy) is 2. The molecule has 112 valence electrons. The van der Waals surface area contributed by atoms with Crippen molar-refractivity contribution in [2.45, 2.75) is 19.4 Å². The van der Waals surface area contributed by atoms with E-state index in [0.717, 1.165) is 11.5 Å². The van der Waals surface area contributed by atoms with Crippen LogP contribution in [0, 0.1) is 22.7 Å². The SMILES string of the molecule is COc1ccc(OCCCc2c(C#N)nnn2CC#N)cc1. The second-order valence-corrected chi connectivity index (χ2v) is 4.44. The third-order valence-corrected chi connectivity index (χ3v) is 3.05. The van der Waals surface area contributed by atoms with Crippen molar-refractivity contribution in [2.75, 3.05) is 13.7 Å². The molecule has 0 aliphatic rings. The molecule has 0 amide bonds. The van der Waals surface area contributed by atoms with Crippen molar-refractivity contribution in [3.63, 3.8) is 0 Å². The molecular weight excluding hydrogens is 282 g/mol. The van der Waals surface area contributed by atoms with E-state index in [2.05, 4.69) is 10.3 Å². The molecule has 0 aliphatic heterocycles. The molecule has 0 bridgehead atoms. The van der Waals surface area contributed by atoms with Crippen LogP contribution in [0.15, 0.2) is 24.3 Å². The first-order chi connectivity index (χ1) is 10.8. The Morgan fingerprint density at radius 1 is 1.18 bits per heavy atom. The van der Waals surface area contributed by atoms with E-state index in [1.807, 2.05) is 36.4 Å². The third-order valence-electron chi connectivity index (χ3n) is 3.05. The average molecular weight is 297 g/mol. The van der Waals surface area contributed by atoms with Gasteiger partial charge in [-0.05, 0) is 37.1 Å². The Bertz CT molecular complexity index is 694. The van der Waals surface area contributed by atoms with Crippen LogP contribution in [-0.4, -0.2) is 28.7 Å². The highest BCUT2D eigenvalue weighted by atomic mass is 16.5. The van der Waals surface area contributed by atoms with Gasteiger partial charge in [-0.3, -0.25) is 0 Å². The van der Waals surface area contributed by atoms with Crippen molar-refractivity contribution < 1.29 is 9.47 Å². The Hall–Kier alpha value is -3.06. The molecule has 1 aromatic carbocycles. The van der Waals surface area contributed by atoms with E-state index >= 15 is 0 Å². The summed E-state index contributed by atoms with van der Waals surface area (Å²) in [5.74, 6) is 1.53. The van der Waals surface area contributed by atoms with Crippen molar-refractivity contribution in [1.82, 2.24) is 15.0 Å². The highest BCUT2D eigenvalue weighted by Crippen LogP contribution is 2.17. The lowest BCUT2D eigenvalue weighted by Gasteiger charge is -2.07. The van der Waals surface area contributed by atoms with Crippen LogP contribution in [0.25, 0.3) is 0 Å². The maximum Gasteiger partial charge on any atom is 0.185 e. The summed E-state index contributed by atoms with van der Waals surface area (Å²) in [4.78, 5) is 0. The van der Waals surface area contributed by atoms with Gasteiger partial charge in [0, 0.05) is 0 Å². The minimum Gasteiger partial charge on any atom is -0.497 e. The molecule has 7 nitrogen and oxygen atoms in total. The van der Waals surface area contributed by atoms with Gasteiger partial charge in [-0.15, -0.1) is 5.10 Å². The predicted molar refractivity (Wildman–Crippen MR) is 77.2 cm³/mol. The molecule has 0 atom stereocenters. The van der Waals surface area contributed by atoms with Crippen LogP contribution in [0.1, 0.15) is 17.8 Å². The second-order valence-electron chi connectivity index (χ2n) is 4.44. The van der Waals surface area contributed by atoms with Crippen LogP contribution in [0.2, 0.25) is 0 Å². The van der Waals surface area contributed by atoms with Crippen molar-refractivity contribution in [3.05, 3.63) is 35.7 Å². The van der Waals surface area contributed by atoms with Crippen LogP contribution < -0.4 is 9.47 Å². The van der Waals surface area contributed by atoms with Crippen molar-refractivity contribution in [2.24, 2.45) is 0 Å². The summed E-state index contributed by atoms with van der Waals surface area (Å²) in [6, 6.07) is 11.3. The number of aromatic nitrogens is 3. The van der Waals surface area contributed by atoms with Gasteiger partial charge in [-0.25, -0.2) is 4.68 Å². The monoisotopic (exact) mass is 297 g/mol. The van der Waals surface area contributed by atoms with E-state index in [1.54, 1.807) is 7.11 Å². The van der Waals surface area contributed by atoms with Crippen LogP contribution in [0.4, 0.5) is 0 Å². The molecule has 0 unspecified atom stereocenters. The van der Waals surface area contributed by atoms with Crippen LogP contribution in [0.3, 0.4) is 0 Å². The minimum atomic E-state index is 0.0867. The highest BCUT2D eigenvalue weighted by Gasteiger charge is 2.11. The molecule has 1 aromatic heterocycles. The van der Waals surface area contributed by atoms with Crippen LogP contribution in [-0.2, 0) is 13.0 Å². The summed E-state index contributed by atoms with van der Waals surface area (Å²) in [5, 5.41) is 25.3. The molecule has 0 aliphatic carbocycles. The summed E-state index contributed by atoms with van der Waals surface area (Å²) >= 11 is 0. The Morgan fingerprint density at radius 2 is 1.91 bits per heavy atom. The van der Waals surface area contributed by atoms with Crippen LogP contribution >= 0.6 is 0 Å². The van der Waals surface area contributed by atoms with Crippen molar-refractivity contribution >= 4 is 0 Å². The largest absolute Gasteiger partial charge is 0.497 e. The fourth-order valence-electron chi connectivity index (χ4n) is 1.96. The second kappa shape index (κ2) is 7.65. The first-order valence-corrected chi connectivity index (χ1v) is 6.74. The zero-order valence-electron chi connectivity index (χ0n) is 12.2. The van der Waals surface area contributed by atoms with Gasteiger partial charge in [0.2, 0.25) is 0 Å². The van der Waals surface area contributed by atoms with Gasteiger partial charge >= 0.3 is 0 Å². The van der Waals surface area contributed by atoms with E-state index in [0.29, 0.717) is 25.1 Å². The molecule has 22 heavy (non-hydrogen) atoms. The standard InChI is InChI=1S/C15H15N5O2/c1-21-12-4-6-13(7-5-12)22-10-2-3-15-14(11-17)18-19-20(15)9-8-16/h4-7H,2-3,9-10H2,1H3. The molecule has 0 fully saturated rings. The van der Waals surface area contributed by atoms with Crippen molar-refractivity contribution in [1.29, 1.82) is 10.5 Å². The molecule has 0 radical (unpaired) electrons. The summed E-state index contributed by atoms with van der Waals surface area (Å²) in [6.07, 6.45) is 1.27. The van der Waals surface area contributed by atoms with E-state index in [1.165, 1.54) is 4.68 Å². The number of benzene rings is 1. The number of nitrogens with zero attached hydrogens (tertiary/aromatic N) is 5. The smallest absolute Gasteiger partial charge is 0.185 e. The molecular formula is C15H15N5O2. The summed E-state index contributed by atoms with van der Waals surface area (Å²) in [6.45, 7) is 0.582. The fraction of sp³-hybridized carbons (Fsp3) is 0.333. The number of nitriles is 2. The van der Waals surface area contributed by atoms with Crippen LogP contribution in [0.5, 0.6) is 11.5 Å². The predicted octanol–water partition coefficient (Wildman–Crippen LogP) is 1.69. The van der Waals surface area contributed by atoms with E-state index in [9.17, 15) is 0 Å². The van der Waals surface area contributed by atoms with Gasteiger partial charge in [-0.2, -0.15) is 10.5 Å². The van der Waals surface area contributed by atoms with E-state index in [4.69, 9.17) is 20.0 Å². The molecule has 2 rings (SSSR count). The number of hydrogen-bond acceptors (Lipinski definition) is 6. The summed E-state index contributed by atoms with van der Waals surface area (Å²) in [7, 11) is 1.61. The van der Waals surface area contributed by atoms with Gasteiger partial charge in [0.15, 0.2) is 5.69 Å². The van der Waals surface area contributed by atoms with Gasteiger partial charge in [0.25, 0.3) is 0 Å². The Kier molecular flexibility index (Phi) is 5.33. The van der Waals surface area contributed by atoms with Gasteiger partial charge in [0.05, 0.1) is 25.5 Å². The first kappa shape index (κ1) is 15.3. The summed E-state index contributed by atoms with van der Waals surface area (Å²) < 4.78 is 12.2. The molecule has 0 saturated carbocycles. The summed E-state index contributed by atoms with van der Waals surface area (Å²) in [5.41, 5.74) is 0.932. The van der Waals surface area contributed by atoms with Gasteiger partial charge < -0.3 is 9.47 Å². The van der Waals surface area contributed by atoms with E-state index < -0.39 is 0 Å². The number of methoxy groups -OCH3 is 1. The molecule has 0 saturated heterocycles. The molecule has 1 heterocycles. The first-order valence-electron chi connectivity index (χ1n) is 6.74. The Balaban J connectivity index is 1.87. The lowest BCUT2D eigenvalue weighted by atomic mass is 10.2. The third kappa shape index (κ3) is 3.74. The lowest BCUT2D eigenvalue weighted by Crippen LogP contribution is -2.07. The van der Waals surface area contributed by atoms with E-state index in [-0.39, 0.29) is 12.2 Å². The fourth-order valence-corrected chi connectivity index (χ4v) is 1.96.